The van der Waals surface area contributed by atoms with Gasteiger partial charge in [0, 0.05) is 23.6 Å². The van der Waals surface area contributed by atoms with Crippen LogP contribution in [0.5, 0.6) is 0 Å². The molecule has 152 valence electrons. The van der Waals surface area contributed by atoms with Crippen LogP contribution in [0.15, 0.2) is 59.6 Å². The molecule has 4 nitrogen and oxygen atoms in total. The minimum Gasteiger partial charge on any atom is -0.384 e. The molecule has 0 amide bonds. The molecule has 0 unspecified atom stereocenters. The van der Waals surface area contributed by atoms with Crippen LogP contribution in [0.1, 0.15) is 24.5 Å². The minimum atomic E-state index is -3.79. The van der Waals surface area contributed by atoms with Crippen LogP contribution in [0.3, 0.4) is 0 Å². The molecule has 1 atom stereocenters. The van der Waals surface area contributed by atoms with Gasteiger partial charge in [-0.15, -0.1) is 11.5 Å². The van der Waals surface area contributed by atoms with E-state index in [1.54, 1.807) is 43.3 Å². The Balaban J connectivity index is 2.15. The van der Waals surface area contributed by atoms with Crippen molar-refractivity contribution in [3.8, 4) is 11.5 Å². The number of hydrogen-bond donors (Lipinski definition) is 1. The van der Waals surface area contributed by atoms with Crippen molar-refractivity contribution < 1.29 is 13.5 Å². The zero-order valence-corrected chi connectivity index (χ0v) is 19.3. The summed E-state index contributed by atoms with van der Waals surface area (Å²) in [5.74, 6) is 3.12. The summed E-state index contributed by atoms with van der Waals surface area (Å²) in [6, 6.07) is 14.0. The molecule has 0 bridgehead atoms. The number of nitrogens with zero attached hydrogens (tertiary/aromatic N) is 1. The monoisotopic (exact) mass is 425 g/mol. The molecule has 0 spiro atoms. The Morgan fingerprint density at radius 2 is 1.69 bits per heavy atom. The molecule has 3 aromatic rings. The summed E-state index contributed by atoms with van der Waals surface area (Å²) in [6.07, 6.45) is 1.78. The predicted molar refractivity (Wildman–Crippen MR) is 121 cm³/mol. The summed E-state index contributed by atoms with van der Waals surface area (Å²) in [4.78, 5) is 0.216. The van der Waals surface area contributed by atoms with Gasteiger partial charge in [-0.2, -0.15) is 0 Å². The van der Waals surface area contributed by atoms with E-state index in [-0.39, 0.29) is 11.3 Å². The molecule has 6 heteroatoms. The van der Waals surface area contributed by atoms with Crippen molar-refractivity contribution in [2.24, 2.45) is 0 Å². The number of hydrogen-bond acceptors (Lipinski definition) is 3. The average molecular weight is 426 g/mol. The van der Waals surface area contributed by atoms with Gasteiger partial charge in [0.2, 0.25) is 0 Å². The number of benzene rings is 2. The topological polar surface area (TPSA) is 59.3 Å². The van der Waals surface area contributed by atoms with Gasteiger partial charge < -0.3 is 5.11 Å². The summed E-state index contributed by atoms with van der Waals surface area (Å²) >= 11 is 0. The standard InChI is InChI=1S/C23H27NO3SSi/c1-18-11-13-19(14-12-18)28(26,27)24-17-21(20-9-6-7-10-22(20)24)23(2,25)15-8-16-29(3,4)5/h6-7,9-14,17,25H,15H2,1-5H3/t23-/m0/s1. The fourth-order valence-electron chi connectivity index (χ4n) is 3.18. The third-order valence-electron chi connectivity index (χ3n) is 4.73. The van der Waals surface area contributed by atoms with E-state index in [9.17, 15) is 13.5 Å². The largest absolute Gasteiger partial charge is 0.384 e. The van der Waals surface area contributed by atoms with E-state index < -0.39 is 23.7 Å². The lowest BCUT2D eigenvalue weighted by molar-refractivity contribution is 0.0644. The first kappa shape index (κ1) is 21.4. The third-order valence-corrected chi connectivity index (χ3v) is 7.35. The smallest absolute Gasteiger partial charge is 0.268 e. The van der Waals surface area contributed by atoms with E-state index in [2.05, 4.69) is 31.1 Å². The lowest BCUT2D eigenvalue weighted by Gasteiger charge is -2.20. The van der Waals surface area contributed by atoms with Gasteiger partial charge in [-0.1, -0.05) is 55.5 Å². The van der Waals surface area contributed by atoms with E-state index in [4.69, 9.17) is 0 Å². The second-order valence-corrected chi connectivity index (χ2v) is 15.2. The van der Waals surface area contributed by atoms with Gasteiger partial charge in [0.25, 0.3) is 10.0 Å². The molecule has 1 heterocycles. The Morgan fingerprint density at radius 3 is 2.31 bits per heavy atom. The summed E-state index contributed by atoms with van der Waals surface area (Å²) in [6.45, 7) is 10.0. The van der Waals surface area contributed by atoms with Gasteiger partial charge in [0.1, 0.15) is 8.07 Å². The summed E-state index contributed by atoms with van der Waals surface area (Å²) < 4.78 is 27.9. The molecule has 0 fully saturated rings. The van der Waals surface area contributed by atoms with Gasteiger partial charge in [-0.05, 0) is 32.0 Å². The number of para-hydroxylation sites is 1. The van der Waals surface area contributed by atoms with Crippen LogP contribution in [0.25, 0.3) is 10.9 Å². The minimum absolute atomic E-state index is 0.216. The quantitative estimate of drug-likeness (QED) is 0.488. The van der Waals surface area contributed by atoms with Crippen LogP contribution < -0.4 is 0 Å². The molecule has 2 aromatic carbocycles. The summed E-state index contributed by atoms with van der Waals surface area (Å²) in [7, 11) is -5.35. The van der Waals surface area contributed by atoms with E-state index in [1.807, 2.05) is 19.1 Å². The Bertz CT molecular complexity index is 1200. The maximum atomic E-state index is 13.3. The van der Waals surface area contributed by atoms with Crippen molar-refractivity contribution in [1.82, 2.24) is 3.97 Å². The number of aromatic nitrogens is 1. The Morgan fingerprint density at radius 1 is 1.07 bits per heavy atom. The molecule has 1 N–H and O–H groups in total. The van der Waals surface area contributed by atoms with Crippen molar-refractivity contribution in [1.29, 1.82) is 0 Å². The average Bonchev–Trinajstić information content (AvgIpc) is 3.02. The van der Waals surface area contributed by atoms with Crippen LogP contribution in [-0.4, -0.2) is 25.6 Å². The van der Waals surface area contributed by atoms with E-state index in [0.29, 0.717) is 16.5 Å². The molecule has 29 heavy (non-hydrogen) atoms. The van der Waals surface area contributed by atoms with Crippen LogP contribution in [-0.2, 0) is 15.6 Å². The maximum absolute atomic E-state index is 13.3. The molecule has 0 aliphatic carbocycles. The number of aliphatic hydroxyl groups is 1. The number of fused-ring (bicyclic) bond motifs is 1. The van der Waals surface area contributed by atoms with Crippen LogP contribution in [0, 0.1) is 18.4 Å². The SMILES string of the molecule is Cc1ccc(S(=O)(=O)n2cc([C@@](C)(O)CC#C[Si](C)(C)C)c3ccccc32)cc1. The van der Waals surface area contributed by atoms with E-state index in [0.717, 1.165) is 5.56 Å². The van der Waals surface area contributed by atoms with E-state index >= 15 is 0 Å². The fraction of sp³-hybridized carbons (Fsp3) is 0.304. The van der Waals surface area contributed by atoms with Gasteiger partial charge in [-0.3, -0.25) is 0 Å². The Hall–Kier alpha value is -2.33. The van der Waals surface area contributed by atoms with Crippen molar-refractivity contribution in [2.45, 2.75) is 50.4 Å². The van der Waals surface area contributed by atoms with E-state index in [1.165, 1.54) is 10.2 Å². The Labute approximate surface area is 174 Å². The molecule has 0 aliphatic heterocycles. The molecular formula is C23H27NO3SSi. The number of aryl methyl sites for hydroxylation is 1. The Kier molecular flexibility index (Phi) is 5.52. The zero-order valence-electron chi connectivity index (χ0n) is 17.5. The zero-order chi connectivity index (χ0) is 21.4. The molecule has 0 saturated carbocycles. The lowest BCUT2D eigenvalue weighted by atomic mass is 9.92. The first-order valence-corrected chi connectivity index (χ1v) is 14.5. The van der Waals surface area contributed by atoms with Crippen molar-refractivity contribution in [3.05, 3.63) is 65.9 Å². The highest BCUT2D eigenvalue weighted by Crippen LogP contribution is 2.34. The summed E-state index contributed by atoms with van der Waals surface area (Å²) in [5, 5.41) is 11.9. The molecule has 0 aliphatic rings. The summed E-state index contributed by atoms with van der Waals surface area (Å²) in [5.41, 5.74) is 4.10. The first-order chi connectivity index (χ1) is 13.4. The molecule has 1 aromatic heterocycles. The van der Waals surface area contributed by atoms with Crippen molar-refractivity contribution >= 4 is 29.0 Å². The second-order valence-electron chi connectivity index (χ2n) is 8.68. The molecule has 3 rings (SSSR count). The van der Waals surface area contributed by atoms with Crippen LogP contribution >= 0.6 is 0 Å². The number of rotatable bonds is 4. The second kappa shape index (κ2) is 7.49. The highest BCUT2D eigenvalue weighted by Gasteiger charge is 2.30. The molecule has 0 radical (unpaired) electrons. The maximum Gasteiger partial charge on any atom is 0.268 e. The van der Waals surface area contributed by atoms with Gasteiger partial charge in [-0.25, -0.2) is 12.4 Å². The van der Waals surface area contributed by atoms with Crippen LogP contribution in [0.2, 0.25) is 19.6 Å². The highest BCUT2D eigenvalue weighted by molar-refractivity contribution is 7.90. The highest BCUT2D eigenvalue weighted by atomic mass is 32.2. The fourth-order valence-corrected chi connectivity index (χ4v) is 5.17. The van der Waals surface area contributed by atoms with Gasteiger partial charge in [0.15, 0.2) is 0 Å². The predicted octanol–water partition coefficient (Wildman–Crippen LogP) is 4.67. The lowest BCUT2D eigenvalue weighted by Crippen LogP contribution is -2.22. The third kappa shape index (κ3) is 4.48. The van der Waals surface area contributed by atoms with Gasteiger partial charge >= 0.3 is 0 Å². The van der Waals surface area contributed by atoms with Gasteiger partial charge in [0.05, 0.1) is 16.0 Å². The molecule has 0 saturated heterocycles. The molecular weight excluding hydrogens is 398 g/mol. The normalized spacial score (nSPS) is 14.3. The van der Waals surface area contributed by atoms with Crippen molar-refractivity contribution in [3.63, 3.8) is 0 Å². The first-order valence-electron chi connectivity index (χ1n) is 9.57. The van der Waals surface area contributed by atoms with Crippen molar-refractivity contribution in [2.75, 3.05) is 0 Å². The van der Waals surface area contributed by atoms with Crippen LogP contribution in [0.4, 0.5) is 0 Å².